The Labute approximate surface area is 122 Å². The monoisotopic (exact) mass is 273 g/mol. The average molecular weight is 273 g/mol. The molecule has 0 aromatic carbocycles. The topological polar surface area (TPSA) is 29.4 Å². The molecule has 0 aromatic rings. The summed E-state index contributed by atoms with van der Waals surface area (Å²) in [4.78, 5) is 11.2. The number of fused-ring (bicyclic) bond motifs is 5. The number of hydrogen-bond donors (Lipinski definition) is 0. The summed E-state index contributed by atoms with van der Waals surface area (Å²) in [6.07, 6.45) is 14.4. The van der Waals surface area contributed by atoms with E-state index in [1.807, 2.05) is 0 Å². The number of nitroso groups, excluding NO2 is 1. The summed E-state index contributed by atoms with van der Waals surface area (Å²) in [6.45, 7) is 2.37. The lowest BCUT2D eigenvalue weighted by atomic mass is 9.52. The van der Waals surface area contributed by atoms with Crippen molar-refractivity contribution >= 4 is 0 Å². The quantitative estimate of drug-likeness (QED) is 0.483. The molecule has 3 fully saturated rings. The number of allylic oxidation sites excluding steroid dienone is 2. The summed E-state index contributed by atoms with van der Waals surface area (Å²) in [5.74, 6) is 3.50. The molecule has 20 heavy (non-hydrogen) atoms. The van der Waals surface area contributed by atoms with Crippen molar-refractivity contribution in [1.82, 2.24) is 0 Å². The van der Waals surface area contributed by atoms with E-state index in [2.05, 4.69) is 18.2 Å². The second-order valence-corrected chi connectivity index (χ2v) is 8.03. The Kier molecular flexibility index (Phi) is 3.05. The minimum Gasteiger partial charge on any atom is -0.150 e. The van der Waals surface area contributed by atoms with Crippen LogP contribution in [-0.2, 0) is 0 Å². The van der Waals surface area contributed by atoms with Gasteiger partial charge in [0.2, 0.25) is 0 Å². The van der Waals surface area contributed by atoms with Crippen LogP contribution in [0.3, 0.4) is 0 Å². The molecule has 6 atom stereocenters. The Morgan fingerprint density at radius 2 is 2.05 bits per heavy atom. The van der Waals surface area contributed by atoms with Crippen molar-refractivity contribution in [3.8, 4) is 0 Å². The van der Waals surface area contributed by atoms with Crippen molar-refractivity contribution in [2.45, 2.75) is 70.8 Å². The van der Waals surface area contributed by atoms with Crippen molar-refractivity contribution in [2.24, 2.45) is 34.3 Å². The fourth-order valence-corrected chi connectivity index (χ4v) is 6.45. The first-order valence-electron chi connectivity index (χ1n) is 8.75. The van der Waals surface area contributed by atoms with Crippen LogP contribution >= 0.6 is 0 Å². The predicted octanol–water partition coefficient (Wildman–Crippen LogP) is 5.08. The van der Waals surface area contributed by atoms with Gasteiger partial charge in [-0.3, -0.25) is 0 Å². The molecule has 110 valence electrons. The van der Waals surface area contributed by atoms with Crippen LogP contribution in [0.4, 0.5) is 0 Å². The highest BCUT2D eigenvalue weighted by molar-refractivity contribution is 5.18. The van der Waals surface area contributed by atoms with Crippen LogP contribution in [-0.4, -0.2) is 6.04 Å². The summed E-state index contributed by atoms with van der Waals surface area (Å²) >= 11 is 0. The third-order valence-electron chi connectivity index (χ3n) is 7.45. The third-order valence-corrected chi connectivity index (χ3v) is 7.45. The van der Waals surface area contributed by atoms with Crippen LogP contribution in [0.1, 0.15) is 64.7 Å². The van der Waals surface area contributed by atoms with E-state index in [-0.39, 0.29) is 11.5 Å². The SMILES string of the molecule is CC12CCC3C4CCCC=C4CCC3C1CCC2N=O. The van der Waals surface area contributed by atoms with Gasteiger partial charge in [0, 0.05) is 0 Å². The highest BCUT2D eigenvalue weighted by Crippen LogP contribution is 2.62. The smallest absolute Gasteiger partial charge is 0.0975 e. The molecule has 4 aliphatic carbocycles. The van der Waals surface area contributed by atoms with Gasteiger partial charge in [0.25, 0.3) is 0 Å². The van der Waals surface area contributed by atoms with Gasteiger partial charge in [-0.1, -0.05) is 23.7 Å². The largest absolute Gasteiger partial charge is 0.150 e. The van der Waals surface area contributed by atoms with Gasteiger partial charge in [-0.2, -0.15) is 4.91 Å². The molecule has 3 saturated carbocycles. The lowest BCUT2D eigenvalue weighted by molar-refractivity contribution is -0.00739. The molecule has 0 radical (unpaired) electrons. The van der Waals surface area contributed by atoms with Gasteiger partial charge in [-0.25, -0.2) is 0 Å². The number of rotatable bonds is 1. The van der Waals surface area contributed by atoms with Crippen molar-refractivity contribution in [2.75, 3.05) is 0 Å². The first-order chi connectivity index (χ1) is 9.74. The molecular formula is C18H27NO. The van der Waals surface area contributed by atoms with E-state index >= 15 is 0 Å². The van der Waals surface area contributed by atoms with E-state index in [1.165, 1.54) is 51.4 Å². The molecule has 0 heterocycles. The summed E-state index contributed by atoms with van der Waals surface area (Å²) in [6, 6.07) is 0.108. The molecule has 0 bridgehead atoms. The normalized spacial score (nSPS) is 50.6. The van der Waals surface area contributed by atoms with Gasteiger partial charge >= 0.3 is 0 Å². The maximum absolute atomic E-state index is 11.2. The zero-order valence-corrected chi connectivity index (χ0v) is 12.7. The summed E-state index contributed by atoms with van der Waals surface area (Å²) in [5, 5.41) is 3.50. The number of hydrogen-bond acceptors (Lipinski definition) is 2. The van der Waals surface area contributed by atoms with E-state index in [1.54, 1.807) is 5.57 Å². The van der Waals surface area contributed by atoms with Gasteiger partial charge in [0.05, 0.1) is 6.04 Å². The highest BCUT2D eigenvalue weighted by Gasteiger charge is 2.56. The van der Waals surface area contributed by atoms with Crippen molar-refractivity contribution in [1.29, 1.82) is 0 Å². The summed E-state index contributed by atoms with van der Waals surface area (Å²) < 4.78 is 0. The lowest BCUT2D eigenvalue weighted by Gasteiger charge is -2.53. The van der Waals surface area contributed by atoms with Crippen LogP contribution in [0, 0.1) is 34.0 Å². The molecule has 0 spiro atoms. The summed E-state index contributed by atoms with van der Waals surface area (Å²) in [7, 11) is 0. The molecule has 0 aromatic heterocycles. The Balaban J connectivity index is 1.63. The van der Waals surface area contributed by atoms with Crippen LogP contribution in [0.25, 0.3) is 0 Å². The molecule has 4 aliphatic rings. The zero-order chi connectivity index (χ0) is 13.7. The Morgan fingerprint density at radius 1 is 1.15 bits per heavy atom. The third kappa shape index (κ3) is 1.69. The molecule has 2 nitrogen and oxygen atoms in total. The van der Waals surface area contributed by atoms with Gasteiger partial charge < -0.3 is 0 Å². The summed E-state index contributed by atoms with van der Waals surface area (Å²) in [5.41, 5.74) is 2.03. The highest BCUT2D eigenvalue weighted by atomic mass is 16.3. The van der Waals surface area contributed by atoms with Crippen molar-refractivity contribution < 1.29 is 0 Å². The molecule has 0 saturated heterocycles. The second kappa shape index (κ2) is 4.68. The Morgan fingerprint density at radius 3 is 2.90 bits per heavy atom. The first kappa shape index (κ1) is 13.0. The minimum atomic E-state index is 0.108. The molecule has 0 amide bonds. The lowest BCUT2D eigenvalue weighted by Crippen LogP contribution is -2.46. The van der Waals surface area contributed by atoms with E-state index in [4.69, 9.17) is 0 Å². The fourth-order valence-electron chi connectivity index (χ4n) is 6.45. The predicted molar refractivity (Wildman–Crippen MR) is 81.3 cm³/mol. The Bertz CT molecular complexity index is 443. The number of nitrogens with zero attached hydrogens (tertiary/aromatic N) is 1. The van der Waals surface area contributed by atoms with Crippen LogP contribution in [0.5, 0.6) is 0 Å². The minimum absolute atomic E-state index is 0.108. The zero-order valence-electron chi connectivity index (χ0n) is 12.7. The van der Waals surface area contributed by atoms with Gasteiger partial charge in [0.1, 0.15) is 0 Å². The van der Waals surface area contributed by atoms with Gasteiger partial charge in [-0.15, -0.1) is 0 Å². The first-order valence-corrected chi connectivity index (χ1v) is 8.75. The van der Waals surface area contributed by atoms with E-state index in [9.17, 15) is 4.91 Å². The molecule has 0 N–H and O–H groups in total. The Hall–Kier alpha value is -0.660. The fraction of sp³-hybridized carbons (Fsp3) is 0.889. The van der Waals surface area contributed by atoms with Crippen LogP contribution < -0.4 is 0 Å². The van der Waals surface area contributed by atoms with E-state index in [0.717, 1.165) is 30.1 Å². The van der Waals surface area contributed by atoms with Gasteiger partial charge in [0.15, 0.2) is 0 Å². The molecule has 6 unspecified atom stereocenters. The van der Waals surface area contributed by atoms with Gasteiger partial charge in [-0.05, 0) is 86.9 Å². The molecule has 0 aliphatic heterocycles. The van der Waals surface area contributed by atoms with Crippen LogP contribution in [0.15, 0.2) is 16.8 Å². The van der Waals surface area contributed by atoms with E-state index in [0.29, 0.717) is 0 Å². The molecular weight excluding hydrogens is 246 g/mol. The molecule has 4 rings (SSSR count). The average Bonchev–Trinajstić information content (AvgIpc) is 2.83. The van der Waals surface area contributed by atoms with Crippen molar-refractivity contribution in [3.05, 3.63) is 16.6 Å². The van der Waals surface area contributed by atoms with Crippen molar-refractivity contribution in [3.63, 3.8) is 0 Å². The maximum Gasteiger partial charge on any atom is 0.0975 e. The standard InChI is InChI=1S/C18H27NO/c1-18-11-10-14-13-5-3-2-4-12(13)6-7-15(14)16(18)8-9-17(18)19-20/h4,13-17H,2-3,5-11H2,1H3. The van der Waals surface area contributed by atoms with Crippen LogP contribution in [0.2, 0.25) is 0 Å². The second-order valence-electron chi connectivity index (χ2n) is 8.03. The maximum atomic E-state index is 11.2. The van der Waals surface area contributed by atoms with E-state index < -0.39 is 0 Å². The molecule has 2 heteroatoms.